The molecule has 0 bridgehead atoms. The summed E-state index contributed by atoms with van der Waals surface area (Å²) in [5.74, 6) is 0.0191. The monoisotopic (exact) mass is 360 g/mol. The zero-order chi connectivity index (χ0) is 18.1. The molecule has 0 saturated heterocycles. The molecule has 132 valence electrons. The van der Waals surface area contributed by atoms with Crippen LogP contribution in [-0.2, 0) is 18.5 Å². The largest absolute Gasteiger partial charge is 0.306 e. The van der Waals surface area contributed by atoms with Gasteiger partial charge in [-0.2, -0.15) is 8.42 Å². The summed E-state index contributed by atoms with van der Waals surface area (Å²) in [6.45, 7) is 11.3. The van der Waals surface area contributed by atoms with Crippen LogP contribution in [0.1, 0.15) is 40.2 Å². The average Bonchev–Trinajstić information content (AvgIpc) is 2.36. The summed E-state index contributed by atoms with van der Waals surface area (Å²) in [5.41, 5.74) is 0.977. The second kappa shape index (κ2) is 6.95. The molecule has 0 radical (unpaired) electrons. The molecule has 0 heterocycles. The van der Waals surface area contributed by atoms with E-state index in [-0.39, 0.29) is 22.3 Å². The molecule has 1 aromatic rings. The Morgan fingerprint density at radius 3 is 2.00 bits per heavy atom. The minimum Gasteiger partial charge on any atom is -0.298 e. The van der Waals surface area contributed by atoms with Crippen molar-refractivity contribution in [1.29, 1.82) is 0 Å². The van der Waals surface area contributed by atoms with Crippen LogP contribution in [-0.4, -0.2) is 31.0 Å². The van der Waals surface area contributed by atoms with Gasteiger partial charge in [0.15, 0.2) is 0 Å². The SMILES string of the molecule is Cc1ccc(S(=O)(=O)OS(C)(CC(=O)C(C)C)C(C)(C)C)cc1. The summed E-state index contributed by atoms with van der Waals surface area (Å²) in [4.78, 5) is 12.3. The van der Waals surface area contributed by atoms with Gasteiger partial charge in [0.2, 0.25) is 0 Å². The molecule has 0 saturated carbocycles. The van der Waals surface area contributed by atoms with E-state index in [1.54, 1.807) is 18.4 Å². The lowest BCUT2D eigenvalue weighted by atomic mass is 10.1. The van der Waals surface area contributed by atoms with Crippen LogP contribution < -0.4 is 0 Å². The fraction of sp³-hybridized carbons (Fsp3) is 0.588. The molecule has 0 N–H and O–H groups in total. The highest BCUT2D eigenvalue weighted by Crippen LogP contribution is 2.58. The first-order valence-electron chi connectivity index (χ1n) is 7.59. The number of Topliss-reactive ketones (excluding diaryl/α,β-unsaturated/α-hetero) is 1. The van der Waals surface area contributed by atoms with Crippen molar-refractivity contribution in [2.75, 3.05) is 12.0 Å². The molecule has 1 aromatic carbocycles. The highest BCUT2D eigenvalue weighted by molar-refractivity contribution is 8.33. The number of ketones is 1. The van der Waals surface area contributed by atoms with Gasteiger partial charge in [0.25, 0.3) is 0 Å². The summed E-state index contributed by atoms with van der Waals surface area (Å²) in [7, 11) is -6.06. The van der Waals surface area contributed by atoms with E-state index in [1.165, 1.54) is 12.1 Å². The van der Waals surface area contributed by atoms with Gasteiger partial charge in [-0.1, -0.05) is 52.3 Å². The third-order valence-corrected chi connectivity index (χ3v) is 10.1. The standard InChI is InChI=1S/C17H28O4S2/c1-13(2)16(18)12-22(7,17(4,5)6)21-23(19,20)15-10-8-14(3)9-11-15/h8-11,13H,12H2,1-7H3. The minimum atomic E-state index is -3.90. The third kappa shape index (κ3) is 5.06. The van der Waals surface area contributed by atoms with Gasteiger partial charge in [0, 0.05) is 10.7 Å². The van der Waals surface area contributed by atoms with E-state index in [0.717, 1.165) is 5.56 Å². The molecule has 0 aliphatic carbocycles. The van der Waals surface area contributed by atoms with Crippen LogP contribution in [0.3, 0.4) is 0 Å². The first-order valence-corrected chi connectivity index (χ1v) is 11.1. The summed E-state index contributed by atoms with van der Waals surface area (Å²) in [6, 6.07) is 6.55. The van der Waals surface area contributed by atoms with E-state index in [1.807, 2.05) is 41.5 Å². The van der Waals surface area contributed by atoms with Crippen LogP contribution in [0.25, 0.3) is 0 Å². The molecule has 1 unspecified atom stereocenters. The lowest BCUT2D eigenvalue weighted by Crippen LogP contribution is -2.34. The van der Waals surface area contributed by atoms with Crippen molar-refractivity contribution in [3.8, 4) is 0 Å². The number of aryl methyl sites for hydroxylation is 1. The van der Waals surface area contributed by atoms with Gasteiger partial charge in [0.1, 0.15) is 5.78 Å². The topological polar surface area (TPSA) is 60.4 Å². The van der Waals surface area contributed by atoms with Gasteiger partial charge in [-0.05, 0) is 25.3 Å². The molecule has 0 amide bonds. The van der Waals surface area contributed by atoms with E-state index in [2.05, 4.69) is 0 Å². The maximum atomic E-state index is 12.6. The first kappa shape index (κ1) is 20.2. The van der Waals surface area contributed by atoms with E-state index in [0.29, 0.717) is 0 Å². The van der Waals surface area contributed by atoms with Gasteiger partial charge in [-0.15, -0.1) is 10.3 Å². The Kier molecular flexibility index (Phi) is 6.10. The van der Waals surface area contributed by atoms with Crippen molar-refractivity contribution in [2.24, 2.45) is 5.92 Å². The Hall–Kier alpha value is -0.850. The van der Waals surface area contributed by atoms with Gasteiger partial charge < -0.3 is 0 Å². The van der Waals surface area contributed by atoms with E-state index in [4.69, 9.17) is 3.63 Å². The summed E-state index contributed by atoms with van der Waals surface area (Å²) in [5, 5.41) is 0. The van der Waals surface area contributed by atoms with Gasteiger partial charge >= 0.3 is 10.1 Å². The summed E-state index contributed by atoms with van der Waals surface area (Å²) >= 11 is 0. The van der Waals surface area contributed by atoms with Crippen molar-refractivity contribution >= 4 is 26.2 Å². The molecule has 1 rings (SSSR count). The van der Waals surface area contributed by atoms with Crippen LogP contribution in [0.5, 0.6) is 0 Å². The van der Waals surface area contributed by atoms with E-state index in [9.17, 15) is 13.2 Å². The molecule has 0 fully saturated rings. The van der Waals surface area contributed by atoms with Crippen molar-refractivity contribution in [3.63, 3.8) is 0 Å². The number of carbonyl (C=O) groups is 1. The molecule has 23 heavy (non-hydrogen) atoms. The number of carbonyl (C=O) groups excluding carboxylic acids is 1. The van der Waals surface area contributed by atoms with Crippen LogP contribution in [0.4, 0.5) is 0 Å². The van der Waals surface area contributed by atoms with Crippen LogP contribution in [0.2, 0.25) is 0 Å². The highest BCUT2D eigenvalue weighted by atomic mass is 32.3. The summed E-state index contributed by atoms with van der Waals surface area (Å²) < 4.78 is 30.5. The molecule has 0 aliphatic rings. The van der Waals surface area contributed by atoms with Crippen LogP contribution in [0, 0.1) is 12.8 Å². The second-order valence-electron chi connectivity index (χ2n) is 7.22. The molecule has 0 spiro atoms. The first-order chi connectivity index (χ1) is 10.3. The number of hydrogen-bond acceptors (Lipinski definition) is 4. The Labute approximate surface area is 142 Å². The van der Waals surface area contributed by atoms with Crippen LogP contribution in [0.15, 0.2) is 29.2 Å². The maximum Gasteiger partial charge on any atom is 0.306 e. The predicted octanol–water partition coefficient (Wildman–Crippen LogP) is 4.07. The number of benzene rings is 1. The normalized spacial score (nSPS) is 16.9. The molecular formula is C17H28O4S2. The average molecular weight is 361 g/mol. The minimum absolute atomic E-state index is 0.0246. The predicted molar refractivity (Wildman–Crippen MR) is 97.4 cm³/mol. The lowest BCUT2D eigenvalue weighted by molar-refractivity contribution is -0.119. The molecule has 1 atom stereocenters. The Morgan fingerprint density at radius 2 is 1.61 bits per heavy atom. The van der Waals surface area contributed by atoms with Gasteiger partial charge in [0.05, 0.1) is 10.6 Å². The third-order valence-electron chi connectivity index (χ3n) is 3.91. The zero-order valence-corrected chi connectivity index (χ0v) is 16.7. The molecule has 0 aliphatic heterocycles. The zero-order valence-electron chi connectivity index (χ0n) is 15.0. The second-order valence-corrected chi connectivity index (χ2v) is 12.7. The van der Waals surface area contributed by atoms with Crippen molar-refractivity contribution in [1.82, 2.24) is 0 Å². The number of hydrogen-bond donors (Lipinski definition) is 0. The maximum absolute atomic E-state index is 12.6. The smallest absolute Gasteiger partial charge is 0.298 e. The Balaban J connectivity index is 3.20. The highest BCUT2D eigenvalue weighted by Gasteiger charge is 2.40. The Morgan fingerprint density at radius 1 is 1.13 bits per heavy atom. The summed E-state index contributed by atoms with van der Waals surface area (Å²) in [6.07, 6.45) is 1.78. The van der Waals surface area contributed by atoms with E-state index >= 15 is 0 Å². The van der Waals surface area contributed by atoms with Gasteiger partial charge in [-0.25, -0.2) is 3.63 Å². The Bertz CT molecular complexity index is 655. The fourth-order valence-electron chi connectivity index (χ4n) is 1.72. The van der Waals surface area contributed by atoms with Crippen molar-refractivity contribution in [3.05, 3.63) is 29.8 Å². The van der Waals surface area contributed by atoms with Crippen molar-refractivity contribution in [2.45, 2.75) is 51.2 Å². The molecule has 0 aromatic heterocycles. The number of rotatable bonds is 6. The van der Waals surface area contributed by atoms with Crippen LogP contribution >= 0.6 is 10.3 Å². The quantitative estimate of drug-likeness (QED) is 0.767. The van der Waals surface area contributed by atoms with E-state index < -0.39 is 25.2 Å². The molecule has 6 heteroatoms. The fourth-order valence-corrected chi connectivity index (χ4v) is 6.41. The van der Waals surface area contributed by atoms with Gasteiger partial charge in [-0.3, -0.25) is 4.79 Å². The molecule has 4 nitrogen and oxygen atoms in total. The van der Waals surface area contributed by atoms with Crippen molar-refractivity contribution < 1.29 is 16.8 Å². The lowest BCUT2D eigenvalue weighted by Gasteiger charge is -2.45. The molecular weight excluding hydrogens is 332 g/mol.